The molecule has 0 fully saturated rings. The van der Waals surface area contributed by atoms with E-state index in [0.717, 1.165) is 12.2 Å². The molecule has 0 radical (unpaired) electrons. The van der Waals surface area contributed by atoms with Gasteiger partial charge in [-0.25, -0.2) is 0 Å². The van der Waals surface area contributed by atoms with Crippen molar-refractivity contribution >= 4 is 35.9 Å². The molecule has 48 heavy (non-hydrogen) atoms. The number of unbranched alkanes of at least 4 members (excludes halogenated alkanes) is 18. The predicted octanol–water partition coefficient (Wildman–Crippen LogP) is 14.0. The van der Waals surface area contributed by atoms with Crippen LogP contribution in [0.15, 0.2) is 72.8 Å². The summed E-state index contributed by atoms with van der Waals surface area (Å²) in [4.78, 5) is 0. The van der Waals surface area contributed by atoms with Crippen LogP contribution in [0.4, 0.5) is 0 Å². The second kappa shape index (κ2) is 39.7. The summed E-state index contributed by atoms with van der Waals surface area (Å²) >= 11 is 7.33. The fourth-order valence-electron chi connectivity index (χ4n) is 5.63. The van der Waals surface area contributed by atoms with Crippen LogP contribution in [-0.2, 0) is 35.2 Å². The van der Waals surface area contributed by atoms with Crippen LogP contribution in [0.25, 0.3) is 0 Å². The van der Waals surface area contributed by atoms with E-state index in [2.05, 4.69) is 84.8 Å². The first kappa shape index (κ1) is 48.4. The quantitative estimate of drug-likeness (QED) is 0.0736. The van der Waals surface area contributed by atoms with E-state index < -0.39 is 0 Å². The lowest BCUT2D eigenvalue weighted by atomic mass is 10.0. The average Bonchev–Trinajstić information content (AvgIpc) is 3.10. The Kier molecular flexibility index (Phi) is 40.1. The summed E-state index contributed by atoms with van der Waals surface area (Å²) in [5.74, 6) is 1.36. The molecule has 0 saturated heterocycles. The van der Waals surface area contributed by atoms with Crippen molar-refractivity contribution in [1.29, 1.82) is 0 Å². The Hall–Kier alpha value is -1.69. The van der Waals surface area contributed by atoms with Crippen molar-refractivity contribution in [2.45, 2.75) is 168 Å². The van der Waals surface area contributed by atoms with Crippen LogP contribution >= 0.6 is 13.5 Å². The van der Waals surface area contributed by atoms with Gasteiger partial charge in [0.1, 0.15) is 11.5 Å². The van der Waals surface area contributed by atoms with Crippen molar-refractivity contribution in [2.75, 3.05) is 7.11 Å². The third kappa shape index (κ3) is 32.8. The van der Waals surface area contributed by atoms with Crippen molar-refractivity contribution in [3.8, 4) is 11.5 Å². The minimum Gasteiger partial charge on any atom is -0.508 e. The highest BCUT2D eigenvalue weighted by atomic mass is 32.8. The van der Waals surface area contributed by atoms with Crippen LogP contribution in [0.1, 0.15) is 166 Å². The van der Waals surface area contributed by atoms with Crippen molar-refractivity contribution in [2.24, 2.45) is 0 Å². The molecular formula is C43H72O2S3. The molecule has 1 N–H and O–H groups in total. The van der Waals surface area contributed by atoms with E-state index in [1.54, 1.807) is 13.2 Å². The first-order valence-electron chi connectivity index (χ1n) is 19.1. The lowest BCUT2D eigenvalue weighted by Gasteiger charge is -2.04. The highest BCUT2D eigenvalue weighted by molar-refractivity contribution is 8.07. The van der Waals surface area contributed by atoms with Gasteiger partial charge >= 0.3 is 0 Å². The molecule has 0 heterocycles. The van der Waals surface area contributed by atoms with Crippen LogP contribution in [0.3, 0.4) is 0 Å². The molecule has 0 aliphatic carbocycles. The zero-order valence-electron chi connectivity index (χ0n) is 31.1. The standard InChI is InChI=1S/C22H36O.C21H34O.S2.H2S/c1-3-4-5-6-7-8-9-10-11-12-13-14-15-17-21-18-16-19-22(20-21)23-2;1-2-3-4-5-6-7-8-9-10-11-12-13-14-16-20-17-15-18-21(22)19-20;1-2;/h8-9,16,18-20H,3-7,10-15,17H2,1-2H3;7-8,15,17-19,22H,2-6,9-14,16H2,1H3;;1H2/b9-8+;8-7+;;. The summed E-state index contributed by atoms with van der Waals surface area (Å²) in [6.45, 7) is 4.53. The molecule has 0 aliphatic heterocycles. The first-order chi connectivity index (χ1) is 23.2. The molecule has 0 atom stereocenters. The summed E-state index contributed by atoms with van der Waals surface area (Å²) < 4.78 is 5.27. The summed E-state index contributed by atoms with van der Waals surface area (Å²) in [6.07, 6.45) is 41.1. The van der Waals surface area contributed by atoms with E-state index in [1.807, 2.05) is 18.2 Å². The Morgan fingerprint density at radius 2 is 0.896 bits per heavy atom. The summed E-state index contributed by atoms with van der Waals surface area (Å²) in [5.41, 5.74) is 2.65. The Labute approximate surface area is 314 Å². The molecule has 0 aliphatic rings. The largest absolute Gasteiger partial charge is 0.508 e. The molecule has 5 heteroatoms. The molecule has 2 nitrogen and oxygen atoms in total. The van der Waals surface area contributed by atoms with Crippen LogP contribution in [0, 0.1) is 0 Å². The number of hydrogen-bond acceptors (Lipinski definition) is 4. The minimum absolute atomic E-state index is 0. The first-order valence-corrected chi connectivity index (χ1v) is 20.4. The van der Waals surface area contributed by atoms with Gasteiger partial charge in [0.15, 0.2) is 0 Å². The van der Waals surface area contributed by atoms with Gasteiger partial charge in [-0.2, -0.15) is 13.5 Å². The number of rotatable bonds is 27. The van der Waals surface area contributed by atoms with E-state index in [9.17, 15) is 5.11 Å². The van der Waals surface area contributed by atoms with E-state index in [1.165, 1.54) is 159 Å². The molecule has 2 rings (SSSR count). The van der Waals surface area contributed by atoms with E-state index >= 15 is 0 Å². The zero-order valence-corrected chi connectivity index (χ0v) is 33.7. The fraction of sp³-hybridized carbons (Fsp3) is 0.628. The lowest BCUT2D eigenvalue weighted by Crippen LogP contribution is -1.88. The molecule has 2 aromatic carbocycles. The number of methoxy groups -OCH3 is 1. The van der Waals surface area contributed by atoms with Crippen molar-refractivity contribution in [3.63, 3.8) is 0 Å². The van der Waals surface area contributed by atoms with Crippen LogP contribution in [-0.4, -0.2) is 12.2 Å². The maximum atomic E-state index is 9.41. The third-order valence-corrected chi connectivity index (χ3v) is 8.50. The van der Waals surface area contributed by atoms with Gasteiger partial charge in [-0.05, 0) is 112 Å². The summed E-state index contributed by atoms with van der Waals surface area (Å²) in [6, 6.07) is 16.1. The second-order valence-corrected chi connectivity index (χ2v) is 12.8. The molecule has 0 spiro atoms. The minimum atomic E-state index is 0. The van der Waals surface area contributed by atoms with E-state index in [4.69, 9.17) is 4.74 Å². The Bertz CT molecular complexity index is 992. The van der Waals surface area contributed by atoms with E-state index in [-0.39, 0.29) is 13.5 Å². The monoisotopic (exact) mass is 716 g/mol. The molecule has 0 amide bonds. The van der Waals surface area contributed by atoms with Crippen LogP contribution in [0.5, 0.6) is 11.5 Å². The molecule has 2 aromatic rings. The number of phenolic OH excluding ortho intramolecular Hbond substituents is 1. The van der Waals surface area contributed by atoms with Crippen molar-refractivity contribution < 1.29 is 9.84 Å². The van der Waals surface area contributed by atoms with Crippen molar-refractivity contribution in [3.05, 3.63) is 84.0 Å². The fourth-order valence-corrected chi connectivity index (χ4v) is 5.63. The van der Waals surface area contributed by atoms with Gasteiger partial charge in [0.05, 0.1) is 7.11 Å². The summed E-state index contributed by atoms with van der Waals surface area (Å²) in [7, 11) is 1.73. The molecular weight excluding hydrogens is 645 g/mol. The van der Waals surface area contributed by atoms with Gasteiger partial charge in [-0.15, -0.1) is 0 Å². The number of aromatic hydroxyl groups is 1. The van der Waals surface area contributed by atoms with Gasteiger partial charge in [0.2, 0.25) is 0 Å². The second-order valence-electron chi connectivity index (χ2n) is 12.8. The normalized spacial score (nSPS) is 10.6. The third-order valence-electron chi connectivity index (χ3n) is 8.50. The molecule has 274 valence electrons. The number of allylic oxidation sites excluding steroid dienone is 4. The zero-order chi connectivity index (χ0) is 34.5. The molecule has 0 unspecified atom stereocenters. The number of hydrogen-bond donors (Lipinski definition) is 1. The van der Waals surface area contributed by atoms with Crippen molar-refractivity contribution in [1.82, 2.24) is 0 Å². The predicted molar refractivity (Wildman–Crippen MR) is 225 cm³/mol. The highest BCUT2D eigenvalue weighted by Crippen LogP contribution is 2.17. The molecule has 0 bridgehead atoms. The maximum Gasteiger partial charge on any atom is 0.119 e. The Morgan fingerprint density at radius 3 is 1.31 bits per heavy atom. The van der Waals surface area contributed by atoms with Gasteiger partial charge in [-0.3, -0.25) is 0 Å². The van der Waals surface area contributed by atoms with Gasteiger partial charge < -0.3 is 9.84 Å². The number of phenols is 1. The van der Waals surface area contributed by atoms with E-state index in [0.29, 0.717) is 5.75 Å². The number of benzene rings is 2. The van der Waals surface area contributed by atoms with Crippen LogP contribution in [0.2, 0.25) is 0 Å². The average molecular weight is 717 g/mol. The summed E-state index contributed by atoms with van der Waals surface area (Å²) in [5, 5.41) is 9.41. The Balaban J connectivity index is 0. The van der Waals surface area contributed by atoms with Gasteiger partial charge in [0.25, 0.3) is 0 Å². The van der Waals surface area contributed by atoms with Crippen LogP contribution < -0.4 is 4.74 Å². The Morgan fingerprint density at radius 1 is 0.521 bits per heavy atom. The highest BCUT2D eigenvalue weighted by Gasteiger charge is 1.97. The number of aryl methyl sites for hydroxylation is 2. The lowest BCUT2D eigenvalue weighted by molar-refractivity contribution is 0.414. The molecule has 0 saturated carbocycles. The smallest absolute Gasteiger partial charge is 0.119 e. The molecule has 0 aromatic heterocycles. The van der Waals surface area contributed by atoms with Gasteiger partial charge in [0, 0.05) is 22.4 Å². The topological polar surface area (TPSA) is 29.5 Å². The van der Waals surface area contributed by atoms with Gasteiger partial charge in [-0.1, -0.05) is 139 Å². The maximum absolute atomic E-state index is 9.41. The SMILES string of the molecule is CCCCCC/C=C/CCCCCCCc1cccc(O)c1.CCCCCC/C=C/CCCCCCCc1cccc(OC)c1.S.S=S. The number of ether oxygens (including phenoxy) is 1.